The number of H-pyrrole nitrogens is 2. The van der Waals surface area contributed by atoms with Gasteiger partial charge in [0.15, 0.2) is 11.2 Å². The van der Waals surface area contributed by atoms with Crippen molar-refractivity contribution in [2.45, 2.75) is 18.6 Å². The molecule has 3 aromatic rings. The van der Waals surface area contributed by atoms with E-state index in [4.69, 9.17) is 5.73 Å². The molecule has 0 unspecified atom stereocenters. The van der Waals surface area contributed by atoms with Crippen LogP contribution in [0.25, 0.3) is 11.2 Å². The third-order valence-corrected chi connectivity index (χ3v) is 5.42. The van der Waals surface area contributed by atoms with Gasteiger partial charge < -0.3 is 15.7 Å². The lowest BCUT2D eigenvalue weighted by molar-refractivity contribution is 0.151. The van der Waals surface area contributed by atoms with E-state index < -0.39 is 17.3 Å². The van der Waals surface area contributed by atoms with Gasteiger partial charge in [-0.1, -0.05) is 12.1 Å². The molecule has 3 heterocycles. The summed E-state index contributed by atoms with van der Waals surface area (Å²) in [6, 6.07) is 6.44. The number of hydrogen-bond acceptors (Lipinski definition) is 7. The molecule has 4 rings (SSSR count). The van der Waals surface area contributed by atoms with Crippen molar-refractivity contribution in [3.63, 3.8) is 0 Å². The molecule has 0 bridgehead atoms. The molecule has 1 aliphatic heterocycles. The molecule has 1 aliphatic rings. The number of nitrogens with two attached hydrogens (primary N) is 1. The highest BCUT2D eigenvalue weighted by atomic mass is 16.3. The summed E-state index contributed by atoms with van der Waals surface area (Å²) in [4.78, 5) is 49.0. The lowest BCUT2D eigenvalue weighted by atomic mass is 10.0. The number of aromatic nitrogens is 4. The Labute approximate surface area is 170 Å². The first-order valence-corrected chi connectivity index (χ1v) is 9.56. The largest absolute Gasteiger partial charge is 0.399 e. The van der Waals surface area contributed by atoms with Crippen LogP contribution in [-0.4, -0.2) is 73.2 Å². The molecule has 2 aromatic heterocycles. The first kappa shape index (κ1) is 19.9. The number of anilines is 1. The molecule has 11 nitrogen and oxygen atoms in total. The SMILES string of the molecule is CN(C(=O)n1cnc2c(=O)[nH]c(=O)[nH]c21)[C@H](CN1CC[C@H](O)C1)c1ccc(N)cc1. The van der Waals surface area contributed by atoms with Gasteiger partial charge in [0.2, 0.25) is 0 Å². The number of carbonyl (C=O) groups is 1. The van der Waals surface area contributed by atoms with Gasteiger partial charge in [-0.3, -0.25) is 19.7 Å². The fraction of sp³-hybridized carbons (Fsp3) is 0.368. The summed E-state index contributed by atoms with van der Waals surface area (Å²) in [6.45, 7) is 1.77. The number of hydrogen-bond donors (Lipinski definition) is 4. The Balaban J connectivity index is 1.69. The molecular weight excluding hydrogens is 390 g/mol. The highest BCUT2D eigenvalue weighted by Crippen LogP contribution is 2.25. The number of imidazole rings is 1. The molecule has 0 aliphatic carbocycles. The van der Waals surface area contributed by atoms with Crippen LogP contribution >= 0.6 is 0 Å². The van der Waals surface area contributed by atoms with Gasteiger partial charge in [0.25, 0.3) is 5.56 Å². The zero-order valence-electron chi connectivity index (χ0n) is 16.4. The molecule has 1 fully saturated rings. The number of aliphatic hydroxyl groups is 1. The lowest BCUT2D eigenvalue weighted by Crippen LogP contribution is -2.41. The van der Waals surface area contributed by atoms with Crippen molar-refractivity contribution in [3.05, 3.63) is 57.0 Å². The Bertz CT molecular complexity index is 1180. The van der Waals surface area contributed by atoms with Gasteiger partial charge in [-0.05, 0) is 24.1 Å². The summed E-state index contributed by atoms with van der Waals surface area (Å²) in [6.07, 6.45) is 1.52. The molecule has 30 heavy (non-hydrogen) atoms. The molecular formula is C19H23N7O4. The average Bonchev–Trinajstić information content (AvgIpc) is 3.32. The van der Waals surface area contributed by atoms with Gasteiger partial charge >= 0.3 is 11.7 Å². The molecule has 1 saturated heterocycles. The second-order valence-electron chi connectivity index (χ2n) is 7.50. The standard InChI is InChI=1S/C19H23N7O4/c1-24(19(30)26-10-21-15-16(26)22-18(29)23-17(15)28)14(9-25-7-6-13(27)8-25)11-2-4-12(20)5-3-11/h2-5,10,13-14,27H,6-9,20H2,1H3,(H2,22,23,28,29)/t13-,14+/m0/s1. The van der Waals surface area contributed by atoms with Crippen LogP contribution in [0.2, 0.25) is 0 Å². The number of nitrogens with one attached hydrogen (secondary N) is 2. The topological polar surface area (TPSA) is 153 Å². The summed E-state index contributed by atoms with van der Waals surface area (Å²) in [5.74, 6) is 0. The minimum absolute atomic E-state index is 0.0250. The number of rotatable bonds is 4. The van der Waals surface area contributed by atoms with Gasteiger partial charge in [-0.2, -0.15) is 0 Å². The van der Waals surface area contributed by atoms with Gasteiger partial charge in [0, 0.05) is 32.4 Å². The fourth-order valence-electron chi connectivity index (χ4n) is 3.78. The number of nitrogens with zero attached hydrogens (tertiary/aromatic N) is 4. The highest BCUT2D eigenvalue weighted by molar-refractivity contribution is 5.86. The average molecular weight is 413 g/mol. The van der Waals surface area contributed by atoms with E-state index in [2.05, 4.69) is 19.9 Å². The van der Waals surface area contributed by atoms with Crippen molar-refractivity contribution in [2.24, 2.45) is 0 Å². The minimum Gasteiger partial charge on any atom is -0.399 e. The molecule has 0 saturated carbocycles. The van der Waals surface area contributed by atoms with Crippen LogP contribution in [0.1, 0.15) is 18.0 Å². The molecule has 1 amide bonds. The number of likely N-dealkylation sites (N-methyl/N-ethyl adjacent to an activating group) is 1. The number of benzene rings is 1. The Hall–Kier alpha value is -3.44. The summed E-state index contributed by atoms with van der Waals surface area (Å²) < 4.78 is 1.15. The number of aromatic amines is 2. The second-order valence-corrected chi connectivity index (χ2v) is 7.50. The van der Waals surface area contributed by atoms with Crippen LogP contribution in [0.4, 0.5) is 10.5 Å². The Morgan fingerprint density at radius 3 is 2.73 bits per heavy atom. The molecule has 0 spiro atoms. The third-order valence-electron chi connectivity index (χ3n) is 5.42. The quantitative estimate of drug-likeness (QED) is 0.428. The van der Waals surface area contributed by atoms with Crippen molar-refractivity contribution in [3.8, 4) is 0 Å². The number of carbonyl (C=O) groups excluding carboxylic acids is 1. The monoisotopic (exact) mass is 413 g/mol. The Morgan fingerprint density at radius 2 is 2.07 bits per heavy atom. The number of likely N-dealkylation sites (tertiary alicyclic amines) is 1. The maximum absolute atomic E-state index is 13.3. The first-order chi connectivity index (χ1) is 14.3. The van der Waals surface area contributed by atoms with E-state index in [0.29, 0.717) is 25.2 Å². The van der Waals surface area contributed by atoms with Crippen LogP contribution < -0.4 is 17.0 Å². The van der Waals surface area contributed by atoms with Crippen molar-refractivity contribution in [2.75, 3.05) is 32.4 Å². The van der Waals surface area contributed by atoms with Crippen molar-refractivity contribution < 1.29 is 9.90 Å². The van der Waals surface area contributed by atoms with E-state index >= 15 is 0 Å². The number of amides is 1. The third kappa shape index (κ3) is 3.72. The van der Waals surface area contributed by atoms with Crippen molar-refractivity contribution in [1.82, 2.24) is 29.3 Å². The second kappa shape index (κ2) is 7.76. The van der Waals surface area contributed by atoms with Crippen LogP contribution in [0, 0.1) is 0 Å². The summed E-state index contributed by atoms with van der Waals surface area (Å²) in [5.41, 5.74) is 5.92. The van der Waals surface area contributed by atoms with Crippen molar-refractivity contribution in [1.29, 1.82) is 0 Å². The first-order valence-electron chi connectivity index (χ1n) is 9.56. The van der Waals surface area contributed by atoms with E-state index in [1.165, 1.54) is 11.2 Å². The normalized spacial score (nSPS) is 18.0. The molecule has 1 aromatic carbocycles. The molecule has 158 valence electrons. The number of fused-ring (bicyclic) bond motifs is 1. The van der Waals surface area contributed by atoms with Crippen molar-refractivity contribution >= 4 is 22.9 Å². The molecule has 11 heteroatoms. The number of β-amino-alcohol motifs (C(OH)–C–C–N with tert-alkyl or cyclic N) is 1. The predicted octanol–water partition coefficient (Wildman–Crippen LogP) is -0.297. The fourth-order valence-corrected chi connectivity index (χ4v) is 3.78. The molecule has 2 atom stereocenters. The predicted molar refractivity (Wildman–Crippen MR) is 110 cm³/mol. The number of aliphatic hydroxyl groups excluding tert-OH is 1. The zero-order chi connectivity index (χ0) is 21.4. The van der Waals surface area contributed by atoms with E-state index in [0.717, 1.165) is 16.7 Å². The van der Waals surface area contributed by atoms with E-state index in [1.807, 2.05) is 12.1 Å². The summed E-state index contributed by atoms with van der Waals surface area (Å²) in [7, 11) is 1.65. The summed E-state index contributed by atoms with van der Waals surface area (Å²) >= 11 is 0. The minimum atomic E-state index is -0.717. The van der Waals surface area contributed by atoms with Crippen LogP contribution in [0.3, 0.4) is 0 Å². The number of nitrogen functional groups attached to an aromatic ring is 1. The highest BCUT2D eigenvalue weighted by Gasteiger charge is 2.29. The maximum atomic E-state index is 13.3. The van der Waals surface area contributed by atoms with Gasteiger partial charge in [0.1, 0.15) is 6.33 Å². The smallest absolute Gasteiger partial charge is 0.331 e. The van der Waals surface area contributed by atoms with Gasteiger partial charge in [-0.25, -0.2) is 19.1 Å². The van der Waals surface area contributed by atoms with Gasteiger partial charge in [0.05, 0.1) is 12.1 Å². The Kier molecular flexibility index (Phi) is 5.14. The maximum Gasteiger partial charge on any atom is 0.331 e. The molecule has 0 radical (unpaired) electrons. The van der Waals surface area contributed by atoms with E-state index in [1.54, 1.807) is 19.2 Å². The van der Waals surface area contributed by atoms with Crippen LogP contribution in [0.5, 0.6) is 0 Å². The summed E-state index contributed by atoms with van der Waals surface area (Å²) in [5, 5.41) is 9.87. The zero-order valence-corrected chi connectivity index (χ0v) is 16.4. The molecule has 5 N–H and O–H groups in total. The van der Waals surface area contributed by atoms with E-state index in [-0.39, 0.29) is 23.3 Å². The van der Waals surface area contributed by atoms with E-state index in [9.17, 15) is 19.5 Å². The van der Waals surface area contributed by atoms with Gasteiger partial charge in [-0.15, -0.1) is 0 Å². The Morgan fingerprint density at radius 1 is 1.33 bits per heavy atom. The lowest BCUT2D eigenvalue weighted by Gasteiger charge is -2.32. The van der Waals surface area contributed by atoms with Crippen LogP contribution in [0.15, 0.2) is 40.2 Å². The van der Waals surface area contributed by atoms with Crippen LogP contribution in [-0.2, 0) is 0 Å².